The van der Waals surface area contributed by atoms with Crippen LogP contribution in [0, 0.1) is 13.8 Å². The van der Waals surface area contributed by atoms with E-state index in [4.69, 9.17) is 0 Å². The molecule has 0 radical (unpaired) electrons. The molecule has 0 fully saturated rings. The lowest BCUT2D eigenvalue weighted by Crippen LogP contribution is -2.29. The van der Waals surface area contributed by atoms with Gasteiger partial charge in [0.15, 0.2) is 0 Å². The van der Waals surface area contributed by atoms with Crippen molar-refractivity contribution in [3.05, 3.63) is 64.7 Å². The summed E-state index contributed by atoms with van der Waals surface area (Å²) in [6, 6.07) is 5.75. The molecule has 1 atom stereocenters. The van der Waals surface area contributed by atoms with Crippen molar-refractivity contribution in [3.8, 4) is 0 Å². The summed E-state index contributed by atoms with van der Waals surface area (Å²) in [5.74, 6) is 0. The van der Waals surface area contributed by atoms with Crippen molar-refractivity contribution in [2.75, 3.05) is 0 Å². The van der Waals surface area contributed by atoms with Crippen LogP contribution in [0.1, 0.15) is 11.1 Å². The molecule has 3 aromatic heterocycles. The summed E-state index contributed by atoms with van der Waals surface area (Å²) in [5.41, 5.74) is 4.61. The lowest BCUT2D eigenvalue weighted by atomic mass is 10.1. The molecule has 0 spiro atoms. The molecule has 7 heteroatoms. The van der Waals surface area contributed by atoms with Crippen LogP contribution < -0.4 is 5.56 Å². The highest BCUT2D eigenvalue weighted by Gasteiger charge is 2.12. The van der Waals surface area contributed by atoms with E-state index in [-0.39, 0.29) is 12.1 Å². The standard InChI is InChI=1S/C19H19N5O2/c1-12-5-16-18(6-13(12)2)23(10-21-16)8-14(25)9-24-11-22-17-7-20-4-3-15(17)19(24)26/h3-7,10-11,14,25H,8-9H2,1-2H3. The van der Waals surface area contributed by atoms with Crippen molar-refractivity contribution < 1.29 is 5.11 Å². The first kappa shape index (κ1) is 16.4. The van der Waals surface area contributed by atoms with Gasteiger partial charge in [0.2, 0.25) is 0 Å². The maximum atomic E-state index is 12.5. The predicted molar refractivity (Wildman–Crippen MR) is 99.0 cm³/mol. The first-order chi connectivity index (χ1) is 12.5. The smallest absolute Gasteiger partial charge is 0.261 e. The molecule has 4 aromatic rings. The third-order valence-corrected chi connectivity index (χ3v) is 4.68. The first-order valence-electron chi connectivity index (χ1n) is 8.42. The molecule has 7 nitrogen and oxygen atoms in total. The van der Waals surface area contributed by atoms with Crippen LogP contribution in [0.2, 0.25) is 0 Å². The number of fused-ring (bicyclic) bond motifs is 2. The second-order valence-electron chi connectivity index (χ2n) is 6.57. The highest BCUT2D eigenvalue weighted by atomic mass is 16.3. The molecule has 26 heavy (non-hydrogen) atoms. The summed E-state index contributed by atoms with van der Waals surface area (Å²) in [6.07, 6.45) is 5.55. The Balaban J connectivity index is 1.60. The van der Waals surface area contributed by atoms with Gasteiger partial charge in [0.25, 0.3) is 5.56 Å². The van der Waals surface area contributed by atoms with Crippen molar-refractivity contribution in [2.45, 2.75) is 33.0 Å². The van der Waals surface area contributed by atoms with Gasteiger partial charge in [-0.3, -0.25) is 14.3 Å². The zero-order valence-corrected chi connectivity index (χ0v) is 14.6. The number of nitrogens with zero attached hydrogens (tertiary/aromatic N) is 5. The van der Waals surface area contributed by atoms with Gasteiger partial charge in [-0.25, -0.2) is 9.97 Å². The number of hydrogen-bond acceptors (Lipinski definition) is 5. The van der Waals surface area contributed by atoms with Gasteiger partial charge >= 0.3 is 0 Å². The second kappa shape index (κ2) is 6.34. The molecule has 1 aromatic carbocycles. The summed E-state index contributed by atoms with van der Waals surface area (Å²) >= 11 is 0. The quantitative estimate of drug-likeness (QED) is 0.607. The molecule has 3 heterocycles. The fraction of sp³-hybridized carbons (Fsp3) is 0.263. The van der Waals surface area contributed by atoms with E-state index < -0.39 is 6.10 Å². The number of rotatable bonds is 4. The summed E-state index contributed by atoms with van der Waals surface area (Å²) in [5, 5.41) is 11.0. The Labute approximate surface area is 149 Å². The van der Waals surface area contributed by atoms with E-state index in [2.05, 4.69) is 34.9 Å². The van der Waals surface area contributed by atoms with Crippen LogP contribution in [0.3, 0.4) is 0 Å². The van der Waals surface area contributed by atoms with E-state index in [0.717, 1.165) is 11.0 Å². The molecule has 0 aliphatic rings. The summed E-state index contributed by atoms with van der Waals surface area (Å²) < 4.78 is 3.34. The normalized spacial score (nSPS) is 12.7. The predicted octanol–water partition coefficient (Wildman–Crippen LogP) is 1.82. The minimum absolute atomic E-state index is 0.161. The van der Waals surface area contributed by atoms with Gasteiger partial charge < -0.3 is 9.67 Å². The van der Waals surface area contributed by atoms with Crippen molar-refractivity contribution in [3.63, 3.8) is 0 Å². The number of hydrogen-bond donors (Lipinski definition) is 1. The molecule has 0 amide bonds. The fourth-order valence-electron chi connectivity index (χ4n) is 3.11. The minimum Gasteiger partial charge on any atom is -0.389 e. The Morgan fingerprint density at radius 3 is 2.58 bits per heavy atom. The van der Waals surface area contributed by atoms with Crippen LogP contribution in [0.5, 0.6) is 0 Å². The number of benzene rings is 1. The Morgan fingerprint density at radius 1 is 1.04 bits per heavy atom. The van der Waals surface area contributed by atoms with Gasteiger partial charge in [-0.1, -0.05) is 0 Å². The zero-order valence-electron chi connectivity index (χ0n) is 14.6. The van der Waals surface area contributed by atoms with Crippen molar-refractivity contribution in [1.29, 1.82) is 0 Å². The summed E-state index contributed by atoms with van der Waals surface area (Å²) in [4.78, 5) is 25.1. The second-order valence-corrected chi connectivity index (χ2v) is 6.57. The van der Waals surface area contributed by atoms with Gasteiger partial charge in [0.05, 0.1) is 60.0 Å². The number of aliphatic hydroxyl groups is 1. The molecule has 0 bridgehead atoms. The molecule has 4 rings (SSSR count). The Bertz CT molecular complexity index is 1160. The first-order valence-corrected chi connectivity index (χ1v) is 8.42. The van der Waals surface area contributed by atoms with E-state index >= 15 is 0 Å². The highest BCUT2D eigenvalue weighted by molar-refractivity contribution is 5.77. The number of aromatic nitrogens is 5. The van der Waals surface area contributed by atoms with E-state index in [1.54, 1.807) is 24.8 Å². The third-order valence-electron chi connectivity index (χ3n) is 4.68. The maximum Gasteiger partial charge on any atom is 0.261 e. The number of aliphatic hydroxyl groups excluding tert-OH is 1. The van der Waals surface area contributed by atoms with Crippen LogP contribution in [-0.2, 0) is 13.1 Å². The van der Waals surface area contributed by atoms with Gasteiger partial charge in [0.1, 0.15) is 0 Å². The minimum atomic E-state index is -0.743. The molecule has 0 aliphatic carbocycles. The van der Waals surface area contributed by atoms with Crippen molar-refractivity contribution in [1.82, 2.24) is 24.1 Å². The maximum absolute atomic E-state index is 12.5. The largest absolute Gasteiger partial charge is 0.389 e. The molecular weight excluding hydrogens is 330 g/mol. The summed E-state index contributed by atoms with van der Waals surface area (Å²) in [6.45, 7) is 4.61. The van der Waals surface area contributed by atoms with Crippen LogP contribution in [0.25, 0.3) is 21.9 Å². The SMILES string of the molecule is Cc1cc2ncn(CC(O)Cn3cnc4cnccc4c3=O)c2cc1C. The number of imidazole rings is 1. The Morgan fingerprint density at radius 2 is 1.73 bits per heavy atom. The lowest BCUT2D eigenvalue weighted by Gasteiger charge is -2.14. The molecular formula is C19H19N5O2. The van der Waals surface area contributed by atoms with E-state index in [1.165, 1.54) is 22.0 Å². The van der Waals surface area contributed by atoms with Gasteiger partial charge in [-0.05, 0) is 43.2 Å². The monoisotopic (exact) mass is 349 g/mol. The molecule has 0 aliphatic heterocycles. The van der Waals surface area contributed by atoms with Crippen molar-refractivity contribution >= 4 is 21.9 Å². The van der Waals surface area contributed by atoms with Crippen LogP contribution in [0.4, 0.5) is 0 Å². The van der Waals surface area contributed by atoms with E-state index in [1.807, 2.05) is 10.6 Å². The van der Waals surface area contributed by atoms with Gasteiger partial charge in [-0.15, -0.1) is 0 Å². The molecule has 132 valence electrons. The van der Waals surface area contributed by atoms with E-state index in [0.29, 0.717) is 17.4 Å². The number of aryl methyl sites for hydroxylation is 2. The average molecular weight is 349 g/mol. The fourth-order valence-corrected chi connectivity index (χ4v) is 3.11. The van der Waals surface area contributed by atoms with Crippen LogP contribution in [0.15, 0.2) is 48.0 Å². The average Bonchev–Trinajstić information content (AvgIpc) is 3.00. The molecule has 0 saturated heterocycles. The highest BCUT2D eigenvalue weighted by Crippen LogP contribution is 2.18. The van der Waals surface area contributed by atoms with Gasteiger partial charge in [-0.2, -0.15) is 0 Å². The van der Waals surface area contributed by atoms with Crippen LogP contribution >= 0.6 is 0 Å². The Kier molecular flexibility index (Phi) is 4.00. The Hall–Kier alpha value is -3.06. The topological polar surface area (TPSA) is 85.8 Å². The van der Waals surface area contributed by atoms with Gasteiger partial charge in [0, 0.05) is 6.20 Å². The molecule has 1 N–H and O–H groups in total. The van der Waals surface area contributed by atoms with E-state index in [9.17, 15) is 9.90 Å². The zero-order chi connectivity index (χ0) is 18.3. The lowest BCUT2D eigenvalue weighted by molar-refractivity contribution is 0.134. The molecule has 1 unspecified atom stereocenters. The third kappa shape index (κ3) is 2.86. The van der Waals surface area contributed by atoms with Crippen molar-refractivity contribution in [2.24, 2.45) is 0 Å². The summed E-state index contributed by atoms with van der Waals surface area (Å²) in [7, 11) is 0. The number of pyridine rings is 1. The molecule has 0 saturated carbocycles. The van der Waals surface area contributed by atoms with Crippen LogP contribution in [-0.4, -0.2) is 35.3 Å².